The Labute approximate surface area is 159 Å². The number of amides is 1. The van der Waals surface area contributed by atoms with Crippen molar-refractivity contribution < 1.29 is 9.18 Å². The molecule has 1 amide bonds. The highest BCUT2D eigenvalue weighted by atomic mass is 79.9. The highest BCUT2D eigenvalue weighted by Crippen LogP contribution is 2.57. The van der Waals surface area contributed by atoms with Crippen LogP contribution in [0, 0.1) is 0 Å². The van der Waals surface area contributed by atoms with E-state index in [1.54, 1.807) is 18.2 Å². The summed E-state index contributed by atoms with van der Waals surface area (Å²) in [6, 6.07) is 5.85. The van der Waals surface area contributed by atoms with E-state index >= 15 is 0 Å². The van der Waals surface area contributed by atoms with Crippen LogP contribution < -0.4 is 5.32 Å². The third-order valence-corrected chi connectivity index (χ3v) is 5.75. The Kier molecular flexibility index (Phi) is 6.58. The predicted octanol–water partition coefficient (Wildman–Crippen LogP) is 5.60. The number of hydrogen-bond donors (Lipinski definition) is 1. The molecule has 1 aliphatic carbocycles. The van der Waals surface area contributed by atoms with Crippen molar-refractivity contribution in [3.8, 4) is 0 Å². The van der Waals surface area contributed by atoms with Gasteiger partial charge in [0.05, 0.1) is 0 Å². The maximum atomic E-state index is 14.7. The van der Waals surface area contributed by atoms with Crippen molar-refractivity contribution in [1.82, 2.24) is 5.32 Å². The number of halogens is 3. The topological polar surface area (TPSA) is 29.1 Å². The summed E-state index contributed by atoms with van der Waals surface area (Å²) in [5, 5.41) is 2.70. The Hall–Kier alpha value is -1.20. The van der Waals surface area contributed by atoms with Gasteiger partial charge in [0.15, 0.2) is 0 Å². The molecule has 0 bridgehead atoms. The smallest absolute Gasteiger partial charge is 0.244 e. The second-order valence-corrected chi connectivity index (χ2v) is 7.84. The summed E-state index contributed by atoms with van der Waals surface area (Å²) in [4.78, 5) is 11.5. The first-order chi connectivity index (χ1) is 11.3. The highest BCUT2D eigenvalue weighted by Gasteiger charge is 2.55. The van der Waals surface area contributed by atoms with Crippen LogP contribution >= 0.6 is 31.9 Å². The van der Waals surface area contributed by atoms with Gasteiger partial charge in [0.1, 0.15) is 5.67 Å². The standard InChI is InChI=1S/C19H20Br2FNO/c1-13(2)12-23-18(24)6-4-3-5-9-19(22)11-15(19)14-7-8-16(20)17(21)10-14/h3-8,10,15H,1,9,11-12H2,2H3,(H,23,24)/b5-3+,6-4-/t15?,19-/m1/s1. The molecule has 0 radical (unpaired) electrons. The third-order valence-electron chi connectivity index (χ3n) is 3.87. The third kappa shape index (κ3) is 5.42. The van der Waals surface area contributed by atoms with Crippen molar-refractivity contribution in [2.75, 3.05) is 6.54 Å². The molecule has 24 heavy (non-hydrogen) atoms. The van der Waals surface area contributed by atoms with Gasteiger partial charge >= 0.3 is 0 Å². The number of carbonyl (C=O) groups is 1. The van der Waals surface area contributed by atoms with E-state index in [0.29, 0.717) is 19.4 Å². The molecule has 1 aliphatic rings. The molecule has 1 N–H and O–H groups in total. The molecule has 128 valence electrons. The van der Waals surface area contributed by atoms with Crippen molar-refractivity contribution in [2.45, 2.75) is 31.4 Å². The molecule has 0 heterocycles. The summed E-state index contributed by atoms with van der Waals surface area (Å²) in [5.41, 5.74) is 0.724. The lowest BCUT2D eigenvalue weighted by atomic mass is 10.1. The first-order valence-corrected chi connectivity index (χ1v) is 9.30. The van der Waals surface area contributed by atoms with E-state index in [1.807, 2.05) is 25.1 Å². The zero-order valence-corrected chi connectivity index (χ0v) is 16.7. The first-order valence-electron chi connectivity index (χ1n) is 7.71. The molecule has 1 aromatic carbocycles. The van der Waals surface area contributed by atoms with E-state index in [0.717, 1.165) is 20.1 Å². The average molecular weight is 457 g/mol. The molecule has 1 saturated carbocycles. The van der Waals surface area contributed by atoms with Crippen molar-refractivity contribution in [3.05, 3.63) is 69.2 Å². The summed E-state index contributed by atoms with van der Waals surface area (Å²) >= 11 is 6.87. The Morgan fingerprint density at radius 1 is 1.42 bits per heavy atom. The van der Waals surface area contributed by atoms with E-state index in [-0.39, 0.29) is 11.8 Å². The molecule has 0 aromatic heterocycles. The van der Waals surface area contributed by atoms with Crippen LogP contribution in [0.5, 0.6) is 0 Å². The SMILES string of the molecule is C=C(C)CNC(=O)/C=C\C=C\C[C@@]1(F)CC1c1ccc(Br)c(Br)c1. The van der Waals surface area contributed by atoms with E-state index in [4.69, 9.17) is 0 Å². The molecule has 2 rings (SSSR count). The van der Waals surface area contributed by atoms with E-state index in [2.05, 4.69) is 43.8 Å². The number of nitrogens with one attached hydrogen (secondary N) is 1. The van der Waals surface area contributed by atoms with Crippen molar-refractivity contribution in [2.24, 2.45) is 0 Å². The molecule has 0 aliphatic heterocycles. The zero-order chi connectivity index (χ0) is 17.7. The van der Waals surface area contributed by atoms with Crippen LogP contribution in [-0.2, 0) is 4.79 Å². The van der Waals surface area contributed by atoms with Gasteiger partial charge in [-0.3, -0.25) is 4.79 Å². The fourth-order valence-electron chi connectivity index (χ4n) is 2.43. The normalized spacial score (nSPS) is 22.9. The fraction of sp³-hybridized carbons (Fsp3) is 0.316. The molecule has 2 nitrogen and oxygen atoms in total. The molecule has 1 unspecified atom stereocenters. The minimum Gasteiger partial charge on any atom is -0.349 e. The van der Waals surface area contributed by atoms with Crippen LogP contribution in [0.4, 0.5) is 4.39 Å². The van der Waals surface area contributed by atoms with Crippen LogP contribution in [0.1, 0.15) is 31.2 Å². The first kappa shape index (κ1) is 19.1. The lowest BCUT2D eigenvalue weighted by Gasteiger charge is -2.06. The van der Waals surface area contributed by atoms with E-state index in [1.165, 1.54) is 6.08 Å². The van der Waals surface area contributed by atoms with Gasteiger partial charge in [-0.05, 0) is 62.9 Å². The quantitative estimate of drug-likeness (QED) is 0.323. The van der Waals surface area contributed by atoms with Crippen molar-refractivity contribution >= 4 is 37.8 Å². The minimum absolute atomic E-state index is 0.0607. The molecule has 0 saturated heterocycles. The number of hydrogen-bond acceptors (Lipinski definition) is 1. The summed E-state index contributed by atoms with van der Waals surface area (Å²) < 4.78 is 16.6. The zero-order valence-electron chi connectivity index (χ0n) is 13.5. The van der Waals surface area contributed by atoms with Crippen LogP contribution in [0.15, 0.2) is 63.6 Å². The van der Waals surface area contributed by atoms with E-state index in [9.17, 15) is 9.18 Å². The van der Waals surface area contributed by atoms with Crippen LogP contribution in [0.3, 0.4) is 0 Å². The lowest BCUT2D eigenvalue weighted by Crippen LogP contribution is -2.22. The number of carbonyl (C=O) groups excluding carboxylic acids is 1. The largest absolute Gasteiger partial charge is 0.349 e. The van der Waals surface area contributed by atoms with Gasteiger partial charge < -0.3 is 5.32 Å². The molecule has 1 fully saturated rings. The molecule has 5 heteroatoms. The lowest BCUT2D eigenvalue weighted by molar-refractivity contribution is -0.116. The molecule has 2 atom stereocenters. The van der Waals surface area contributed by atoms with E-state index < -0.39 is 5.67 Å². The molecule has 1 aromatic rings. The van der Waals surface area contributed by atoms with Crippen LogP contribution in [-0.4, -0.2) is 18.1 Å². The average Bonchev–Trinajstić information content (AvgIpc) is 3.19. The molecular weight excluding hydrogens is 437 g/mol. The van der Waals surface area contributed by atoms with Crippen LogP contribution in [0.2, 0.25) is 0 Å². The Bertz CT molecular complexity index is 699. The number of allylic oxidation sites excluding steroid dienone is 3. The van der Waals surface area contributed by atoms with Crippen molar-refractivity contribution in [3.63, 3.8) is 0 Å². The molecule has 0 spiro atoms. The van der Waals surface area contributed by atoms with Gasteiger partial charge in [0, 0.05) is 33.9 Å². The monoisotopic (exact) mass is 455 g/mol. The Morgan fingerprint density at radius 3 is 2.83 bits per heavy atom. The van der Waals surface area contributed by atoms with Gasteiger partial charge in [0.2, 0.25) is 5.91 Å². The van der Waals surface area contributed by atoms with Gasteiger partial charge in [-0.1, -0.05) is 36.4 Å². The second-order valence-electron chi connectivity index (χ2n) is 6.13. The fourth-order valence-corrected chi connectivity index (χ4v) is 3.08. The van der Waals surface area contributed by atoms with Gasteiger partial charge in [0.25, 0.3) is 0 Å². The number of alkyl halides is 1. The molecular formula is C19H20Br2FNO. The summed E-state index contributed by atoms with van der Waals surface area (Å²) in [6.45, 7) is 6.02. The highest BCUT2D eigenvalue weighted by molar-refractivity contribution is 9.13. The number of rotatable bonds is 7. The van der Waals surface area contributed by atoms with Gasteiger partial charge in [-0.2, -0.15) is 0 Å². The van der Waals surface area contributed by atoms with Crippen molar-refractivity contribution in [1.29, 1.82) is 0 Å². The minimum atomic E-state index is -1.18. The number of benzene rings is 1. The Morgan fingerprint density at radius 2 is 2.17 bits per heavy atom. The summed E-state index contributed by atoms with van der Waals surface area (Å²) in [6.07, 6.45) is 7.44. The predicted molar refractivity (Wildman–Crippen MR) is 104 cm³/mol. The maximum absolute atomic E-state index is 14.7. The summed E-state index contributed by atoms with van der Waals surface area (Å²) in [7, 11) is 0. The Balaban J connectivity index is 1.81. The van der Waals surface area contributed by atoms with Gasteiger partial charge in [-0.25, -0.2) is 4.39 Å². The van der Waals surface area contributed by atoms with Crippen LogP contribution in [0.25, 0.3) is 0 Å². The maximum Gasteiger partial charge on any atom is 0.244 e. The second kappa shape index (κ2) is 8.26. The summed E-state index contributed by atoms with van der Waals surface area (Å²) in [5.74, 6) is -0.240. The van der Waals surface area contributed by atoms with Gasteiger partial charge in [-0.15, -0.1) is 0 Å².